The molecule has 0 heterocycles. The van der Waals surface area contributed by atoms with Crippen LogP contribution in [0.2, 0.25) is 0 Å². The van der Waals surface area contributed by atoms with Crippen molar-refractivity contribution < 1.29 is 29.7 Å². The van der Waals surface area contributed by atoms with Gasteiger partial charge in [0.1, 0.15) is 0 Å². The van der Waals surface area contributed by atoms with Gasteiger partial charge in [-0.3, -0.25) is 14.4 Å². The predicted molar refractivity (Wildman–Crippen MR) is 137 cm³/mol. The van der Waals surface area contributed by atoms with Crippen molar-refractivity contribution in [3.05, 3.63) is 0 Å². The van der Waals surface area contributed by atoms with E-state index in [2.05, 4.69) is 6.92 Å². The second-order valence-electron chi connectivity index (χ2n) is 10.0. The quantitative estimate of drug-likeness (QED) is 0.107. The molecule has 34 heavy (non-hydrogen) atoms. The highest BCUT2D eigenvalue weighted by molar-refractivity contribution is 5.72. The highest BCUT2D eigenvalue weighted by Gasteiger charge is 2.21. The fourth-order valence-electron chi connectivity index (χ4n) is 4.63. The fourth-order valence-corrected chi connectivity index (χ4v) is 4.63. The molecular formula is C28H52O6. The molecule has 0 aromatic carbocycles. The van der Waals surface area contributed by atoms with E-state index in [4.69, 9.17) is 5.11 Å². The summed E-state index contributed by atoms with van der Waals surface area (Å²) >= 11 is 0. The van der Waals surface area contributed by atoms with E-state index in [1.807, 2.05) is 0 Å². The fraction of sp³-hybridized carbons (Fsp3) is 0.893. The van der Waals surface area contributed by atoms with Crippen LogP contribution in [0.4, 0.5) is 0 Å². The largest absolute Gasteiger partial charge is 0.481 e. The van der Waals surface area contributed by atoms with Gasteiger partial charge in [0.25, 0.3) is 0 Å². The first kappa shape index (κ1) is 32.4. The summed E-state index contributed by atoms with van der Waals surface area (Å²) in [6.07, 6.45) is 22.5. The topological polar surface area (TPSA) is 112 Å². The van der Waals surface area contributed by atoms with Crippen molar-refractivity contribution in [2.45, 2.75) is 148 Å². The number of aliphatic carboxylic acids is 3. The smallest absolute Gasteiger partial charge is 0.306 e. The lowest BCUT2D eigenvalue weighted by Gasteiger charge is -2.15. The van der Waals surface area contributed by atoms with E-state index in [9.17, 15) is 24.6 Å². The molecule has 0 radical (unpaired) electrons. The van der Waals surface area contributed by atoms with E-state index in [1.165, 1.54) is 83.5 Å². The minimum atomic E-state index is -1.00. The van der Waals surface area contributed by atoms with Crippen LogP contribution in [0.15, 0.2) is 0 Å². The molecule has 6 heteroatoms. The maximum atomic E-state index is 11.5. The Kier molecular flexibility index (Phi) is 22.1. The van der Waals surface area contributed by atoms with Crippen LogP contribution in [0.1, 0.15) is 148 Å². The second kappa shape index (κ2) is 23.2. The van der Waals surface area contributed by atoms with E-state index < -0.39 is 29.7 Å². The molecule has 3 N–H and O–H groups in total. The van der Waals surface area contributed by atoms with E-state index in [0.717, 1.165) is 19.3 Å². The monoisotopic (exact) mass is 484 g/mol. The average Bonchev–Trinajstić information content (AvgIpc) is 2.78. The van der Waals surface area contributed by atoms with Gasteiger partial charge >= 0.3 is 17.9 Å². The Morgan fingerprint density at radius 3 is 1.15 bits per heavy atom. The van der Waals surface area contributed by atoms with Crippen LogP contribution in [0.5, 0.6) is 0 Å². The highest BCUT2D eigenvalue weighted by Crippen LogP contribution is 2.22. The first-order chi connectivity index (χ1) is 16.4. The number of carboxylic acids is 3. The van der Waals surface area contributed by atoms with Crippen molar-refractivity contribution >= 4 is 17.9 Å². The SMILES string of the molecule is CCCCCCCCCCCCCCCCCCC(CCCC(CCC(=O)O)C(=O)O)C(=O)O. The van der Waals surface area contributed by atoms with Crippen molar-refractivity contribution in [1.29, 1.82) is 0 Å². The van der Waals surface area contributed by atoms with Crippen LogP contribution in [0.3, 0.4) is 0 Å². The summed E-state index contributed by atoms with van der Waals surface area (Å²) in [5.74, 6) is -3.94. The summed E-state index contributed by atoms with van der Waals surface area (Å²) in [6.45, 7) is 2.26. The predicted octanol–water partition coefficient (Wildman–Crippen LogP) is 8.07. The van der Waals surface area contributed by atoms with Crippen molar-refractivity contribution in [2.24, 2.45) is 11.8 Å². The Hall–Kier alpha value is -1.59. The summed E-state index contributed by atoms with van der Waals surface area (Å²) in [4.78, 5) is 33.4. The van der Waals surface area contributed by atoms with Gasteiger partial charge < -0.3 is 15.3 Å². The van der Waals surface area contributed by atoms with Crippen LogP contribution in [-0.2, 0) is 14.4 Å². The maximum Gasteiger partial charge on any atom is 0.306 e. The normalized spacial score (nSPS) is 13.0. The van der Waals surface area contributed by atoms with Gasteiger partial charge in [-0.05, 0) is 25.7 Å². The number of carboxylic acid groups (broad SMARTS) is 3. The van der Waals surface area contributed by atoms with Crippen LogP contribution in [-0.4, -0.2) is 33.2 Å². The van der Waals surface area contributed by atoms with Crippen molar-refractivity contribution in [2.75, 3.05) is 0 Å². The van der Waals surface area contributed by atoms with Crippen LogP contribution < -0.4 is 0 Å². The molecule has 0 spiro atoms. The third kappa shape index (κ3) is 21.0. The Morgan fingerprint density at radius 1 is 0.471 bits per heavy atom. The molecule has 0 amide bonds. The van der Waals surface area contributed by atoms with E-state index >= 15 is 0 Å². The van der Waals surface area contributed by atoms with Crippen molar-refractivity contribution in [3.8, 4) is 0 Å². The summed E-state index contributed by atoms with van der Waals surface area (Å²) in [5.41, 5.74) is 0. The van der Waals surface area contributed by atoms with Gasteiger partial charge in [0.2, 0.25) is 0 Å². The first-order valence-corrected chi connectivity index (χ1v) is 14.1. The molecule has 0 aliphatic rings. The second-order valence-corrected chi connectivity index (χ2v) is 10.0. The van der Waals surface area contributed by atoms with Gasteiger partial charge in [0.05, 0.1) is 11.8 Å². The average molecular weight is 485 g/mol. The lowest BCUT2D eigenvalue weighted by atomic mass is 9.91. The number of rotatable bonds is 26. The molecule has 6 nitrogen and oxygen atoms in total. The number of hydrogen-bond donors (Lipinski definition) is 3. The first-order valence-electron chi connectivity index (χ1n) is 14.1. The molecule has 2 atom stereocenters. The van der Waals surface area contributed by atoms with E-state index in [-0.39, 0.29) is 12.8 Å². The highest BCUT2D eigenvalue weighted by atomic mass is 16.4. The molecular weight excluding hydrogens is 432 g/mol. The number of unbranched alkanes of at least 4 members (excludes halogenated alkanes) is 15. The Bertz CT molecular complexity index is 519. The van der Waals surface area contributed by atoms with Gasteiger partial charge in [-0.15, -0.1) is 0 Å². The zero-order valence-corrected chi connectivity index (χ0v) is 21.8. The molecule has 2 unspecified atom stereocenters. The molecule has 0 saturated carbocycles. The molecule has 0 aromatic heterocycles. The van der Waals surface area contributed by atoms with Gasteiger partial charge in [-0.2, -0.15) is 0 Å². The maximum absolute atomic E-state index is 11.5. The molecule has 0 fully saturated rings. The molecule has 0 rings (SSSR count). The third-order valence-electron chi connectivity index (χ3n) is 6.92. The summed E-state index contributed by atoms with van der Waals surface area (Å²) in [5, 5.41) is 27.4. The van der Waals surface area contributed by atoms with Gasteiger partial charge in [-0.1, -0.05) is 116 Å². The minimum Gasteiger partial charge on any atom is -0.481 e. The molecule has 0 aliphatic carbocycles. The number of carbonyl (C=O) groups is 3. The lowest BCUT2D eigenvalue weighted by Crippen LogP contribution is -2.17. The lowest BCUT2D eigenvalue weighted by molar-refractivity contribution is -0.143. The van der Waals surface area contributed by atoms with Crippen LogP contribution in [0, 0.1) is 11.8 Å². The summed E-state index contributed by atoms with van der Waals surface area (Å²) in [6, 6.07) is 0. The van der Waals surface area contributed by atoms with Gasteiger partial charge in [-0.25, -0.2) is 0 Å². The molecule has 0 aromatic rings. The van der Waals surface area contributed by atoms with Crippen LogP contribution >= 0.6 is 0 Å². The Morgan fingerprint density at radius 2 is 0.794 bits per heavy atom. The van der Waals surface area contributed by atoms with Crippen molar-refractivity contribution in [1.82, 2.24) is 0 Å². The molecule has 0 aliphatic heterocycles. The Labute approximate surface area is 207 Å². The van der Waals surface area contributed by atoms with Crippen molar-refractivity contribution in [3.63, 3.8) is 0 Å². The Balaban J connectivity index is 3.67. The standard InChI is InChI=1S/C28H52O6/c1-2-3-4-5-6-7-8-9-10-11-12-13-14-15-16-17-19-24(27(31)32)20-18-21-25(28(33)34)22-23-26(29)30/h24-25H,2-23H2,1H3,(H,29,30)(H,31,32)(H,33,34). The molecule has 0 bridgehead atoms. The zero-order chi connectivity index (χ0) is 25.4. The van der Waals surface area contributed by atoms with Gasteiger partial charge in [0, 0.05) is 6.42 Å². The van der Waals surface area contributed by atoms with E-state index in [1.54, 1.807) is 0 Å². The van der Waals surface area contributed by atoms with Gasteiger partial charge in [0.15, 0.2) is 0 Å². The summed E-state index contributed by atoms with van der Waals surface area (Å²) < 4.78 is 0. The molecule has 200 valence electrons. The third-order valence-corrected chi connectivity index (χ3v) is 6.92. The minimum absolute atomic E-state index is 0.0987. The van der Waals surface area contributed by atoms with Crippen LogP contribution in [0.25, 0.3) is 0 Å². The van der Waals surface area contributed by atoms with E-state index in [0.29, 0.717) is 25.7 Å². The molecule has 0 saturated heterocycles. The summed E-state index contributed by atoms with van der Waals surface area (Å²) in [7, 11) is 0. The zero-order valence-electron chi connectivity index (χ0n) is 21.8. The number of hydrogen-bond acceptors (Lipinski definition) is 3.